The number of carbonyl (C=O) groups is 1. The van der Waals surface area contributed by atoms with Gasteiger partial charge >= 0.3 is 13.1 Å². The lowest BCUT2D eigenvalue weighted by Crippen LogP contribution is -2.66. The topological polar surface area (TPSA) is 63.2 Å². The van der Waals surface area contributed by atoms with Crippen LogP contribution in [-0.2, 0) is 28.3 Å². The minimum Gasteiger partial charge on any atom is -0.456 e. The summed E-state index contributed by atoms with van der Waals surface area (Å²) < 4.78 is 28.7. The van der Waals surface area contributed by atoms with E-state index in [-0.39, 0.29) is 12.6 Å². The Labute approximate surface area is 142 Å². The third-order valence-electron chi connectivity index (χ3n) is 4.12. The van der Waals surface area contributed by atoms with Crippen LogP contribution in [0.4, 0.5) is 0 Å². The van der Waals surface area contributed by atoms with Crippen molar-refractivity contribution in [3.8, 4) is 0 Å². The number of rotatable bonds is 3. The number of hydrogen-bond donors (Lipinski definition) is 0. The lowest BCUT2D eigenvalue weighted by atomic mass is 9.76. The second-order valence-corrected chi connectivity index (χ2v) is 7.08. The number of carbonyl (C=O) groups excluding carboxylic acids is 1. The molecule has 24 heavy (non-hydrogen) atoms. The van der Waals surface area contributed by atoms with Crippen molar-refractivity contribution in [1.82, 2.24) is 0 Å². The van der Waals surface area contributed by atoms with Crippen LogP contribution in [0.2, 0.25) is 0 Å². The lowest BCUT2D eigenvalue weighted by Gasteiger charge is -2.47. The van der Waals surface area contributed by atoms with Crippen molar-refractivity contribution < 1.29 is 28.3 Å². The van der Waals surface area contributed by atoms with Gasteiger partial charge in [-0.05, 0) is 26.2 Å². The van der Waals surface area contributed by atoms with Crippen LogP contribution in [0.25, 0.3) is 0 Å². The van der Waals surface area contributed by atoms with Gasteiger partial charge in [-0.15, -0.1) is 0 Å². The van der Waals surface area contributed by atoms with Crippen LogP contribution >= 0.6 is 0 Å². The maximum Gasteiger partial charge on any atom is 0.494 e. The van der Waals surface area contributed by atoms with Crippen molar-refractivity contribution in [2.45, 2.75) is 45.4 Å². The van der Waals surface area contributed by atoms with Gasteiger partial charge in [-0.25, -0.2) is 0 Å². The normalized spacial score (nSPS) is 30.1. The molecule has 1 aromatic rings. The first-order valence-corrected chi connectivity index (χ1v) is 8.11. The highest BCUT2D eigenvalue weighted by Gasteiger charge is 2.52. The number of fused-ring (bicyclic) bond motifs is 2. The molecule has 2 fully saturated rings. The van der Waals surface area contributed by atoms with Gasteiger partial charge < -0.3 is 23.5 Å². The van der Waals surface area contributed by atoms with E-state index in [1.807, 2.05) is 51.1 Å². The van der Waals surface area contributed by atoms with E-state index in [9.17, 15) is 4.79 Å². The van der Waals surface area contributed by atoms with Gasteiger partial charge in [0.25, 0.3) is 0 Å². The molecule has 2 bridgehead atoms. The monoisotopic (exact) mass is 334 g/mol. The van der Waals surface area contributed by atoms with E-state index in [1.165, 1.54) is 0 Å². The molecular formula is C17H23BO6. The number of methoxy groups -OCH3 is 1. The van der Waals surface area contributed by atoms with Crippen LogP contribution in [0.15, 0.2) is 30.3 Å². The number of hydrogen-bond acceptors (Lipinski definition) is 6. The SMILES string of the molecule is CO[C@@H]1OC[C@H]2OB(c3ccccc3)O[C@@H]1[C@H]2OC(=O)C(C)(C)C. The molecule has 0 aromatic heterocycles. The summed E-state index contributed by atoms with van der Waals surface area (Å²) >= 11 is 0. The molecule has 0 unspecified atom stereocenters. The molecule has 4 atom stereocenters. The highest BCUT2D eigenvalue weighted by Crippen LogP contribution is 2.31. The van der Waals surface area contributed by atoms with Crippen LogP contribution in [0.3, 0.4) is 0 Å². The first kappa shape index (κ1) is 17.4. The van der Waals surface area contributed by atoms with Gasteiger partial charge in [0.15, 0.2) is 12.4 Å². The van der Waals surface area contributed by atoms with Crippen LogP contribution in [0, 0.1) is 5.41 Å². The fourth-order valence-corrected chi connectivity index (χ4v) is 2.75. The average molecular weight is 334 g/mol. The van der Waals surface area contributed by atoms with Crippen molar-refractivity contribution in [2.24, 2.45) is 5.41 Å². The largest absolute Gasteiger partial charge is 0.494 e. The summed E-state index contributed by atoms with van der Waals surface area (Å²) in [6, 6.07) is 9.65. The highest BCUT2D eigenvalue weighted by molar-refractivity contribution is 6.61. The Hall–Kier alpha value is -1.41. The zero-order valence-corrected chi connectivity index (χ0v) is 14.4. The Morgan fingerprint density at radius 3 is 2.54 bits per heavy atom. The number of esters is 1. The second kappa shape index (κ2) is 6.84. The van der Waals surface area contributed by atoms with E-state index in [2.05, 4.69) is 0 Å². The Morgan fingerprint density at radius 2 is 1.92 bits per heavy atom. The van der Waals surface area contributed by atoms with Gasteiger partial charge in [-0.3, -0.25) is 4.79 Å². The van der Waals surface area contributed by atoms with Crippen molar-refractivity contribution in [3.63, 3.8) is 0 Å². The third-order valence-corrected chi connectivity index (χ3v) is 4.12. The molecule has 0 N–H and O–H groups in total. The first-order chi connectivity index (χ1) is 11.4. The number of ether oxygens (including phenoxy) is 3. The van der Waals surface area contributed by atoms with Crippen molar-refractivity contribution in [2.75, 3.05) is 13.7 Å². The van der Waals surface area contributed by atoms with E-state index in [1.54, 1.807) is 7.11 Å². The average Bonchev–Trinajstić information content (AvgIpc) is 2.55. The van der Waals surface area contributed by atoms with Gasteiger partial charge in [-0.1, -0.05) is 30.3 Å². The molecule has 1 aromatic carbocycles. The second-order valence-electron chi connectivity index (χ2n) is 7.08. The van der Waals surface area contributed by atoms with Gasteiger partial charge in [0.1, 0.15) is 12.2 Å². The predicted octanol–water partition coefficient (Wildman–Crippen LogP) is 1.13. The maximum atomic E-state index is 12.3. The Morgan fingerprint density at radius 1 is 1.21 bits per heavy atom. The maximum absolute atomic E-state index is 12.3. The Balaban J connectivity index is 1.80. The minimum absolute atomic E-state index is 0.282. The predicted molar refractivity (Wildman–Crippen MR) is 87.7 cm³/mol. The molecule has 2 aliphatic heterocycles. The van der Waals surface area contributed by atoms with Gasteiger partial charge in [-0.2, -0.15) is 0 Å². The molecular weight excluding hydrogens is 311 g/mol. The molecule has 0 aliphatic carbocycles. The smallest absolute Gasteiger partial charge is 0.456 e. The third kappa shape index (κ3) is 3.49. The van der Waals surface area contributed by atoms with Crippen molar-refractivity contribution in [3.05, 3.63) is 30.3 Å². The minimum atomic E-state index is -0.603. The molecule has 0 amide bonds. The molecule has 6 nitrogen and oxygen atoms in total. The summed E-state index contributed by atoms with van der Waals surface area (Å²) in [4.78, 5) is 12.3. The summed E-state index contributed by atoms with van der Waals surface area (Å²) in [5, 5.41) is 0. The fraction of sp³-hybridized carbons (Fsp3) is 0.588. The molecule has 0 spiro atoms. The summed E-state index contributed by atoms with van der Waals surface area (Å²) in [7, 11) is 1.01. The van der Waals surface area contributed by atoms with E-state index in [4.69, 9.17) is 23.5 Å². The Kier molecular flexibility index (Phi) is 4.96. The summed E-state index contributed by atoms with van der Waals surface area (Å²) in [5.41, 5.74) is 0.304. The van der Waals surface area contributed by atoms with Crippen LogP contribution in [0.1, 0.15) is 20.8 Å². The molecule has 0 radical (unpaired) electrons. The van der Waals surface area contributed by atoms with Crippen LogP contribution in [-0.4, -0.2) is 51.4 Å². The Bertz CT molecular complexity index is 572. The number of benzene rings is 1. The van der Waals surface area contributed by atoms with Crippen molar-refractivity contribution in [1.29, 1.82) is 0 Å². The first-order valence-electron chi connectivity index (χ1n) is 8.11. The lowest BCUT2D eigenvalue weighted by molar-refractivity contribution is -0.279. The van der Waals surface area contributed by atoms with Crippen LogP contribution < -0.4 is 5.46 Å². The van der Waals surface area contributed by atoms with Crippen LogP contribution in [0.5, 0.6) is 0 Å². The summed E-state index contributed by atoms with van der Waals surface area (Å²) in [6.45, 7) is 5.72. The van der Waals surface area contributed by atoms with Crippen molar-refractivity contribution >= 4 is 18.6 Å². The van der Waals surface area contributed by atoms with E-state index in [0.717, 1.165) is 5.46 Å². The zero-order valence-electron chi connectivity index (χ0n) is 14.4. The van der Waals surface area contributed by atoms with Gasteiger partial charge in [0, 0.05) is 7.11 Å². The molecule has 7 heteroatoms. The molecule has 3 rings (SSSR count). The van der Waals surface area contributed by atoms with Gasteiger partial charge in [0.05, 0.1) is 12.0 Å². The molecule has 0 saturated carbocycles. The molecule has 2 saturated heterocycles. The summed E-state index contributed by atoms with van der Waals surface area (Å²) in [5.74, 6) is -0.301. The highest BCUT2D eigenvalue weighted by atomic mass is 16.7. The van der Waals surface area contributed by atoms with E-state index in [0.29, 0.717) is 0 Å². The van der Waals surface area contributed by atoms with Gasteiger partial charge in [0.2, 0.25) is 0 Å². The standard InChI is InChI=1S/C17H23BO6/c1-17(2,3)16(19)22-13-12-10-21-15(20-4)14(13)24-18(23-12)11-8-6-5-7-9-11/h5-9,12-15H,10H2,1-4H3/t12-,13+,14-,15-/m1/s1. The summed E-state index contributed by atoms with van der Waals surface area (Å²) in [6.07, 6.45) is -2.10. The van der Waals surface area contributed by atoms with E-state index >= 15 is 0 Å². The molecule has 130 valence electrons. The van der Waals surface area contributed by atoms with E-state index < -0.39 is 37.1 Å². The quantitative estimate of drug-likeness (QED) is 0.610. The molecule has 2 heterocycles. The fourth-order valence-electron chi connectivity index (χ4n) is 2.75. The molecule has 2 aliphatic rings. The zero-order chi connectivity index (χ0) is 17.3.